The van der Waals surface area contributed by atoms with Crippen LogP contribution in [0.4, 0.5) is 4.79 Å². The van der Waals surface area contributed by atoms with Crippen molar-refractivity contribution in [2.24, 2.45) is 11.8 Å². The predicted molar refractivity (Wildman–Crippen MR) is 79.8 cm³/mol. The predicted octanol–water partition coefficient (Wildman–Crippen LogP) is 2.10. The van der Waals surface area contributed by atoms with Crippen LogP contribution in [0.3, 0.4) is 0 Å². The lowest BCUT2D eigenvalue weighted by Gasteiger charge is -2.29. The molecule has 0 aromatic carbocycles. The fraction of sp³-hybridized carbons (Fsp3) is 0.867. The Hall–Kier alpha value is -1.30. The molecule has 6 heteroatoms. The minimum Gasteiger partial charge on any atom is -0.469 e. The van der Waals surface area contributed by atoms with Crippen molar-refractivity contribution in [1.29, 1.82) is 0 Å². The maximum Gasteiger partial charge on any atom is 0.407 e. The molecule has 0 unspecified atom stereocenters. The summed E-state index contributed by atoms with van der Waals surface area (Å²) >= 11 is 0. The molecular weight excluding hydrogens is 274 g/mol. The van der Waals surface area contributed by atoms with Crippen molar-refractivity contribution in [3.05, 3.63) is 0 Å². The summed E-state index contributed by atoms with van der Waals surface area (Å²) in [5.74, 6) is -1.000. The molecule has 1 amide bonds. The Morgan fingerprint density at radius 1 is 1.19 bits per heavy atom. The topological polar surface area (TPSA) is 84.9 Å². The van der Waals surface area contributed by atoms with Crippen LogP contribution < -0.4 is 5.32 Å². The van der Waals surface area contributed by atoms with Gasteiger partial charge in [0.15, 0.2) is 0 Å². The second-order valence-corrected chi connectivity index (χ2v) is 6.68. The molecule has 21 heavy (non-hydrogen) atoms. The van der Waals surface area contributed by atoms with Gasteiger partial charge in [-0.3, -0.25) is 4.79 Å². The smallest absolute Gasteiger partial charge is 0.407 e. The number of nitrogens with one attached hydrogen (secondary N) is 1. The molecule has 0 saturated carbocycles. The van der Waals surface area contributed by atoms with Crippen LogP contribution >= 0.6 is 0 Å². The van der Waals surface area contributed by atoms with Gasteiger partial charge in [0.25, 0.3) is 0 Å². The van der Waals surface area contributed by atoms with Gasteiger partial charge >= 0.3 is 12.1 Å². The molecule has 2 N–H and O–H groups in total. The van der Waals surface area contributed by atoms with Crippen molar-refractivity contribution in [2.45, 2.75) is 65.7 Å². The number of hydrogen-bond donors (Lipinski definition) is 2. The third-order valence-corrected chi connectivity index (χ3v) is 2.92. The van der Waals surface area contributed by atoms with E-state index in [-0.39, 0.29) is 5.92 Å². The molecule has 124 valence electrons. The van der Waals surface area contributed by atoms with Crippen LogP contribution in [-0.2, 0) is 14.3 Å². The summed E-state index contributed by atoms with van der Waals surface area (Å²) in [6, 6.07) is -0.575. The highest BCUT2D eigenvalue weighted by Crippen LogP contribution is 2.17. The van der Waals surface area contributed by atoms with Crippen molar-refractivity contribution >= 4 is 12.1 Å². The summed E-state index contributed by atoms with van der Waals surface area (Å²) in [5.41, 5.74) is -0.620. The summed E-state index contributed by atoms with van der Waals surface area (Å²) in [5, 5.41) is 12.9. The zero-order valence-electron chi connectivity index (χ0n) is 14.1. The highest BCUT2D eigenvalue weighted by molar-refractivity contribution is 5.73. The van der Waals surface area contributed by atoms with Gasteiger partial charge in [-0.15, -0.1) is 0 Å². The van der Waals surface area contributed by atoms with Gasteiger partial charge in [-0.25, -0.2) is 4.79 Å². The van der Waals surface area contributed by atoms with Crippen molar-refractivity contribution < 1.29 is 24.2 Å². The van der Waals surface area contributed by atoms with E-state index in [0.29, 0.717) is 6.42 Å². The van der Waals surface area contributed by atoms with E-state index in [9.17, 15) is 14.7 Å². The van der Waals surface area contributed by atoms with Crippen molar-refractivity contribution in [1.82, 2.24) is 5.32 Å². The third kappa shape index (κ3) is 7.90. The Morgan fingerprint density at radius 3 is 2.10 bits per heavy atom. The average molecular weight is 303 g/mol. The number of carbonyl (C=O) groups excluding carboxylic acids is 2. The third-order valence-electron chi connectivity index (χ3n) is 2.92. The second-order valence-electron chi connectivity index (χ2n) is 6.68. The van der Waals surface area contributed by atoms with Gasteiger partial charge in [0.05, 0.1) is 25.2 Å². The van der Waals surface area contributed by atoms with Gasteiger partial charge in [0.2, 0.25) is 0 Å². The first-order valence-electron chi connectivity index (χ1n) is 7.23. The first-order chi connectivity index (χ1) is 9.47. The maximum absolute atomic E-state index is 11.9. The molecular formula is C15H29NO5. The van der Waals surface area contributed by atoms with Gasteiger partial charge in [0.1, 0.15) is 5.60 Å². The van der Waals surface area contributed by atoms with Crippen molar-refractivity contribution in [2.75, 3.05) is 7.11 Å². The van der Waals surface area contributed by atoms with Crippen LogP contribution in [0.2, 0.25) is 0 Å². The SMILES string of the molecule is COC(=O)[C@H](C)[C@@H](O)[C@H](CC(C)C)NC(=O)OC(C)(C)C. The standard InChI is InChI=1S/C15H29NO5/c1-9(2)8-11(12(17)10(3)13(18)20-7)16-14(19)21-15(4,5)6/h9-12,17H,8H2,1-7H3,(H,16,19)/t10-,11+,12-/m1/s1. The molecule has 0 radical (unpaired) electrons. The summed E-state index contributed by atoms with van der Waals surface area (Å²) < 4.78 is 9.82. The van der Waals surface area contributed by atoms with Crippen molar-refractivity contribution in [3.8, 4) is 0 Å². The highest BCUT2D eigenvalue weighted by Gasteiger charge is 2.32. The zero-order valence-corrected chi connectivity index (χ0v) is 14.1. The minimum absolute atomic E-state index is 0.240. The molecule has 0 aromatic rings. The van der Waals surface area contributed by atoms with E-state index in [2.05, 4.69) is 10.1 Å². The molecule has 0 fully saturated rings. The number of aliphatic hydroxyl groups is 1. The summed E-state index contributed by atoms with van der Waals surface area (Å²) in [7, 11) is 1.27. The number of esters is 1. The van der Waals surface area contributed by atoms with Gasteiger partial charge in [-0.2, -0.15) is 0 Å². The molecule has 0 bridgehead atoms. The van der Waals surface area contributed by atoms with Crippen LogP contribution in [0.1, 0.15) is 48.0 Å². The molecule has 3 atom stereocenters. The van der Waals surface area contributed by atoms with Crippen LogP contribution in [-0.4, -0.2) is 42.0 Å². The number of aliphatic hydroxyl groups excluding tert-OH is 1. The Labute approximate surface area is 127 Å². The highest BCUT2D eigenvalue weighted by atomic mass is 16.6. The van der Waals surface area contributed by atoms with E-state index in [1.807, 2.05) is 13.8 Å². The van der Waals surface area contributed by atoms with Gasteiger partial charge in [0, 0.05) is 0 Å². The number of methoxy groups -OCH3 is 1. The Kier molecular flexibility index (Phi) is 7.71. The fourth-order valence-corrected chi connectivity index (χ4v) is 1.92. The number of hydrogen-bond acceptors (Lipinski definition) is 5. The van der Waals surface area contributed by atoms with Gasteiger partial charge in [-0.1, -0.05) is 13.8 Å². The van der Waals surface area contributed by atoms with Crippen LogP contribution in [0.15, 0.2) is 0 Å². The monoisotopic (exact) mass is 303 g/mol. The maximum atomic E-state index is 11.9. The summed E-state index contributed by atoms with van der Waals surface area (Å²) in [6.45, 7) is 10.8. The van der Waals surface area contributed by atoms with E-state index in [1.165, 1.54) is 7.11 Å². The molecule has 0 aromatic heterocycles. The lowest BCUT2D eigenvalue weighted by Crippen LogP contribution is -2.49. The van der Waals surface area contributed by atoms with Crippen LogP contribution in [0.5, 0.6) is 0 Å². The molecule has 0 heterocycles. The molecule has 0 aliphatic carbocycles. The Balaban J connectivity index is 4.87. The molecule has 0 aliphatic heterocycles. The second kappa shape index (κ2) is 8.22. The Bertz CT molecular complexity index is 348. The largest absolute Gasteiger partial charge is 0.469 e. The first kappa shape index (κ1) is 19.7. The van der Waals surface area contributed by atoms with Crippen molar-refractivity contribution in [3.63, 3.8) is 0 Å². The molecule has 6 nitrogen and oxygen atoms in total. The lowest BCUT2D eigenvalue weighted by molar-refractivity contribution is -0.149. The first-order valence-corrected chi connectivity index (χ1v) is 7.23. The summed E-state index contributed by atoms with van der Waals surface area (Å²) in [4.78, 5) is 23.4. The minimum atomic E-state index is -1.03. The molecule has 0 saturated heterocycles. The molecule has 0 spiro atoms. The number of carbonyl (C=O) groups is 2. The average Bonchev–Trinajstić information content (AvgIpc) is 2.32. The normalized spacial score (nSPS) is 16.0. The van der Waals surface area contributed by atoms with E-state index in [1.54, 1.807) is 27.7 Å². The van der Waals surface area contributed by atoms with Crippen LogP contribution in [0.25, 0.3) is 0 Å². The number of alkyl carbamates (subject to hydrolysis) is 1. The van der Waals surface area contributed by atoms with Crippen LogP contribution in [0, 0.1) is 11.8 Å². The van der Waals surface area contributed by atoms with E-state index >= 15 is 0 Å². The molecule has 0 aliphatic rings. The summed E-state index contributed by atoms with van der Waals surface area (Å²) in [6.07, 6.45) is -1.11. The van der Waals surface area contributed by atoms with Gasteiger partial charge in [-0.05, 0) is 40.0 Å². The number of amides is 1. The van der Waals surface area contributed by atoms with E-state index < -0.39 is 35.7 Å². The van der Waals surface area contributed by atoms with E-state index in [4.69, 9.17) is 4.74 Å². The molecule has 0 rings (SSSR count). The Morgan fingerprint density at radius 2 is 1.71 bits per heavy atom. The lowest BCUT2D eigenvalue weighted by atomic mass is 9.92. The quantitative estimate of drug-likeness (QED) is 0.734. The zero-order chi connectivity index (χ0) is 16.8. The number of rotatable bonds is 6. The number of ether oxygens (including phenoxy) is 2. The van der Waals surface area contributed by atoms with E-state index in [0.717, 1.165) is 0 Å². The fourth-order valence-electron chi connectivity index (χ4n) is 1.92. The van der Waals surface area contributed by atoms with Gasteiger partial charge < -0.3 is 19.9 Å².